The van der Waals surface area contributed by atoms with Gasteiger partial charge < -0.3 is 4.74 Å². The first-order valence-corrected chi connectivity index (χ1v) is 3.96. The van der Waals surface area contributed by atoms with Gasteiger partial charge in [0.2, 0.25) is 0 Å². The van der Waals surface area contributed by atoms with Crippen molar-refractivity contribution < 1.29 is 22.3 Å². The summed E-state index contributed by atoms with van der Waals surface area (Å²) in [5, 5.41) is -0.884. The highest BCUT2D eigenvalue weighted by Crippen LogP contribution is 2.35. The summed E-state index contributed by atoms with van der Waals surface area (Å²) in [4.78, 5) is 0. The van der Waals surface area contributed by atoms with Crippen molar-refractivity contribution in [3.63, 3.8) is 0 Å². The summed E-state index contributed by atoms with van der Waals surface area (Å²) in [5.41, 5.74) is -4.14. The first-order valence-electron chi connectivity index (χ1n) is 3.20. The van der Waals surface area contributed by atoms with Gasteiger partial charge in [-0.1, -0.05) is 11.6 Å². The molecule has 0 saturated carbocycles. The largest absolute Gasteiger partial charge is 0.487 e. The second kappa shape index (κ2) is 3.82. The average Bonchev–Trinajstić information content (AvgIpc) is 2.04. The summed E-state index contributed by atoms with van der Waals surface area (Å²) in [6.07, 6.45) is 0. The minimum atomic E-state index is -4.14. The average molecular weight is 249 g/mol. The molecule has 1 aromatic carbocycles. The number of ether oxygens (including phenoxy) is 1. The van der Waals surface area contributed by atoms with Gasteiger partial charge in [-0.25, -0.2) is 8.78 Å². The van der Waals surface area contributed by atoms with Crippen molar-refractivity contribution in [1.82, 2.24) is 0 Å². The fourth-order valence-corrected chi connectivity index (χ4v) is 0.987. The number of hydrogen-bond donors (Lipinski definition) is 0. The molecule has 78 valence electrons. The first-order chi connectivity index (χ1) is 6.31. The normalized spacial score (nSPS) is 11.6. The molecule has 14 heavy (non-hydrogen) atoms. The van der Waals surface area contributed by atoms with Crippen LogP contribution in [0.25, 0.3) is 0 Å². The van der Waals surface area contributed by atoms with E-state index < -0.39 is 28.0 Å². The van der Waals surface area contributed by atoms with Crippen LogP contribution in [0.5, 0.6) is 5.75 Å². The Kier molecular flexibility index (Phi) is 3.11. The zero-order chi connectivity index (χ0) is 10.9. The van der Waals surface area contributed by atoms with E-state index in [0.717, 1.165) is 0 Å². The lowest BCUT2D eigenvalue weighted by molar-refractivity contribution is -0.0985. The fraction of sp³-hybridized carbons (Fsp3) is 0.143. The van der Waals surface area contributed by atoms with E-state index in [2.05, 4.69) is 16.3 Å². The maximum atomic E-state index is 12.8. The summed E-state index contributed by atoms with van der Waals surface area (Å²) in [7, 11) is 0. The summed E-state index contributed by atoms with van der Waals surface area (Å²) in [6, 6.07) is 1.27. The monoisotopic (exact) mass is 248 g/mol. The Morgan fingerprint density at radius 2 is 1.64 bits per heavy atom. The van der Waals surface area contributed by atoms with E-state index >= 15 is 0 Å². The van der Waals surface area contributed by atoms with Crippen molar-refractivity contribution >= 4 is 23.2 Å². The molecular formula is C7H2Cl2F4O. The Balaban J connectivity index is 3.13. The van der Waals surface area contributed by atoms with Gasteiger partial charge in [0.1, 0.15) is 10.8 Å². The van der Waals surface area contributed by atoms with Crippen LogP contribution in [0.15, 0.2) is 12.1 Å². The lowest BCUT2D eigenvalue weighted by atomic mass is 10.3. The molecule has 0 atom stereocenters. The van der Waals surface area contributed by atoms with Crippen LogP contribution in [0.4, 0.5) is 17.6 Å². The molecule has 0 aliphatic carbocycles. The Labute approximate surface area is 86.2 Å². The van der Waals surface area contributed by atoms with Crippen LogP contribution in [0, 0.1) is 11.6 Å². The lowest BCUT2D eigenvalue weighted by Crippen LogP contribution is -2.17. The van der Waals surface area contributed by atoms with Gasteiger partial charge in [0, 0.05) is 11.6 Å². The molecule has 0 aromatic heterocycles. The predicted octanol–water partition coefficient (Wildman–Crippen LogP) is 3.79. The van der Waals surface area contributed by atoms with Gasteiger partial charge in [-0.3, -0.25) is 0 Å². The fourth-order valence-electron chi connectivity index (χ4n) is 0.718. The van der Waals surface area contributed by atoms with E-state index in [-0.39, 0.29) is 0 Å². The summed E-state index contributed by atoms with van der Waals surface area (Å²) in [5.74, 6) is -3.42. The Morgan fingerprint density at radius 1 is 1.14 bits per heavy atom. The zero-order valence-electron chi connectivity index (χ0n) is 6.33. The van der Waals surface area contributed by atoms with Crippen LogP contribution in [0.3, 0.4) is 0 Å². The van der Waals surface area contributed by atoms with Crippen LogP contribution < -0.4 is 4.74 Å². The second-order valence-electron chi connectivity index (χ2n) is 2.22. The highest BCUT2D eigenvalue weighted by atomic mass is 35.5. The molecule has 0 aliphatic rings. The second-order valence-corrected chi connectivity index (χ2v) is 3.04. The molecule has 0 aliphatic heterocycles. The van der Waals surface area contributed by atoms with Crippen LogP contribution in [-0.4, -0.2) is 5.57 Å². The molecule has 7 heteroatoms. The summed E-state index contributed by atoms with van der Waals surface area (Å²) >= 11 is 9.53. The third kappa shape index (κ3) is 2.65. The van der Waals surface area contributed by atoms with Crippen molar-refractivity contribution in [3.8, 4) is 5.75 Å². The van der Waals surface area contributed by atoms with Crippen molar-refractivity contribution in [2.75, 3.05) is 0 Å². The maximum Gasteiger partial charge on any atom is 0.487 e. The third-order valence-corrected chi connectivity index (χ3v) is 1.65. The smallest absolute Gasteiger partial charge is 0.415 e. The number of halogens is 6. The molecule has 0 amide bonds. The molecule has 0 heterocycles. The van der Waals surface area contributed by atoms with Crippen molar-refractivity contribution in [1.29, 1.82) is 0 Å². The van der Waals surface area contributed by atoms with Gasteiger partial charge in [0.25, 0.3) is 0 Å². The highest BCUT2D eigenvalue weighted by Gasteiger charge is 2.31. The van der Waals surface area contributed by atoms with Gasteiger partial charge in [0.05, 0.1) is 0 Å². The molecule has 0 N–H and O–H groups in total. The molecule has 0 bridgehead atoms. The highest BCUT2D eigenvalue weighted by molar-refractivity contribution is 6.32. The van der Waals surface area contributed by atoms with E-state index in [0.29, 0.717) is 12.1 Å². The Hall–Kier alpha value is -0.680. The molecule has 0 fully saturated rings. The van der Waals surface area contributed by atoms with E-state index in [1.807, 2.05) is 0 Å². The molecule has 1 nitrogen and oxygen atoms in total. The molecule has 0 radical (unpaired) electrons. The molecule has 0 unspecified atom stereocenters. The topological polar surface area (TPSA) is 9.23 Å². The number of benzene rings is 1. The lowest BCUT2D eigenvalue weighted by Gasteiger charge is -2.12. The molecule has 1 rings (SSSR count). The number of alkyl halides is 3. The molecule has 0 spiro atoms. The minimum Gasteiger partial charge on any atom is -0.415 e. The van der Waals surface area contributed by atoms with Crippen LogP contribution in [0.2, 0.25) is 5.02 Å². The zero-order valence-corrected chi connectivity index (χ0v) is 7.84. The molecule has 0 saturated heterocycles. The van der Waals surface area contributed by atoms with Gasteiger partial charge in [-0.2, -0.15) is 0 Å². The quantitative estimate of drug-likeness (QED) is 0.440. The van der Waals surface area contributed by atoms with E-state index in [1.54, 1.807) is 0 Å². The van der Waals surface area contributed by atoms with Gasteiger partial charge in [0.15, 0.2) is 11.6 Å². The Morgan fingerprint density at radius 3 is 2.14 bits per heavy atom. The standard InChI is InChI=1S/C7H2Cl2F4O/c8-5-3(10)1-2-4(11)6(5)14-7(9,12)13/h1-2H. The van der Waals surface area contributed by atoms with Crippen molar-refractivity contribution in [2.24, 2.45) is 0 Å². The third-order valence-electron chi connectivity index (χ3n) is 1.22. The molecule has 1 aromatic rings. The number of hydrogen-bond acceptors (Lipinski definition) is 1. The number of rotatable bonds is 2. The van der Waals surface area contributed by atoms with Gasteiger partial charge >= 0.3 is 5.57 Å². The summed E-state index contributed by atoms with van der Waals surface area (Å²) in [6.45, 7) is 0. The SMILES string of the molecule is Fc1ccc(F)c(OC(F)(F)Cl)c1Cl. The van der Waals surface area contributed by atoms with Gasteiger partial charge in [-0.15, -0.1) is 8.78 Å². The van der Waals surface area contributed by atoms with E-state index in [4.69, 9.17) is 11.6 Å². The molecular weight excluding hydrogens is 247 g/mol. The maximum absolute atomic E-state index is 12.8. The summed E-state index contributed by atoms with van der Waals surface area (Å²) < 4.78 is 53.3. The van der Waals surface area contributed by atoms with Crippen LogP contribution in [0.1, 0.15) is 0 Å². The van der Waals surface area contributed by atoms with Crippen LogP contribution >= 0.6 is 23.2 Å². The minimum absolute atomic E-state index is 0.596. The van der Waals surface area contributed by atoms with E-state index in [1.165, 1.54) is 0 Å². The van der Waals surface area contributed by atoms with Crippen LogP contribution in [-0.2, 0) is 0 Å². The van der Waals surface area contributed by atoms with Crippen molar-refractivity contribution in [2.45, 2.75) is 5.57 Å². The van der Waals surface area contributed by atoms with E-state index in [9.17, 15) is 17.6 Å². The van der Waals surface area contributed by atoms with Gasteiger partial charge in [-0.05, 0) is 12.1 Å². The Bertz CT molecular complexity index is 350. The first kappa shape index (κ1) is 11.4. The van der Waals surface area contributed by atoms with Crippen molar-refractivity contribution in [3.05, 3.63) is 28.8 Å². The predicted molar refractivity (Wildman–Crippen MR) is 42.8 cm³/mol.